The molecule has 0 radical (unpaired) electrons. The third-order valence-corrected chi connectivity index (χ3v) is 4.69. The maximum Gasteiger partial charge on any atom is 0.338 e. The minimum absolute atomic E-state index is 0.421. The Morgan fingerprint density at radius 1 is 1.14 bits per heavy atom. The van der Waals surface area contributed by atoms with Crippen LogP contribution in [0.3, 0.4) is 0 Å². The fraction of sp³-hybridized carbons (Fsp3) is 0.235. The zero-order valence-electron chi connectivity index (χ0n) is 11.9. The van der Waals surface area contributed by atoms with E-state index in [9.17, 15) is 9.90 Å². The van der Waals surface area contributed by atoms with Gasteiger partial charge in [-0.05, 0) is 35.9 Å². The summed E-state index contributed by atoms with van der Waals surface area (Å²) in [6.07, 6.45) is 2.87. The van der Waals surface area contributed by atoms with Crippen LogP contribution in [0.2, 0.25) is 0 Å². The molecule has 0 saturated heterocycles. The Balaban J connectivity index is 2.01. The molecule has 0 spiro atoms. The molecule has 21 heavy (non-hydrogen) atoms. The first-order chi connectivity index (χ1) is 10.2. The van der Waals surface area contributed by atoms with Gasteiger partial charge in [-0.1, -0.05) is 30.3 Å². The number of hydrogen-bond acceptors (Lipinski definition) is 3. The standard InChI is InChI=1S/C17H17NO2S/c1-21-15-8-4-7-14(16(15)17(19)20)18-10-9-12-5-2-3-6-13(12)11-18/h2-8H,9-11H2,1H3,(H,19,20). The van der Waals surface area contributed by atoms with E-state index < -0.39 is 5.97 Å². The maximum absolute atomic E-state index is 11.6. The molecular weight excluding hydrogens is 282 g/mol. The summed E-state index contributed by atoms with van der Waals surface area (Å²) < 4.78 is 0. The van der Waals surface area contributed by atoms with Crippen LogP contribution in [0.5, 0.6) is 0 Å². The summed E-state index contributed by atoms with van der Waals surface area (Å²) in [5.41, 5.74) is 3.90. The third kappa shape index (κ3) is 2.63. The topological polar surface area (TPSA) is 40.5 Å². The van der Waals surface area contributed by atoms with Crippen molar-refractivity contribution in [3.05, 3.63) is 59.2 Å². The number of fused-ring (bicyclic) bond motifs is 1. The SMILES string of the molecule is CSc1cccc(N2CCc3ccccc3C2)c1C(=O)O. The average Bonchev–Trinajstić information content (AvgIpc) is 2.53. The summed E-state index contributed by atoms with van der Waals surface area (Å²) in [6.45, 7) is 1.63. The van der Waals surface area contributed by atoms with Crippen LogP contribution in [-0.4, -0.2) is 23.9 Å². The predicted molar refractivity (Wildman–Crippen MR) is 86.4 cm³/mol. The quantitative estimate of drug-likeness (QED) is 0.878. The molecule has 1 aliphatic rings. The number of carboxylic acids is 1. The lowest BCUT2D eigenvalue weighted by Crippen LogP contribution is -2.31. The Morgan fingerprint density at radius 3 is 2.62 bits per heavy atom. The number of nitrogens with zero attached hydrogens (tertiary/aromatic N) is 1. The molecule has 2 aromatic carbocycles. The third-order valence-electron chi connectivity index (χ3n) is 3.91. The summed E-state index contributed by atoms with van der Waals surface area (Å²) >= 11 is 1.48. The number of hydrogen-bond donors (Lipinski definition) is 1. The molecule has 108 valence electrons. The van der Waals surface area contributed by atoms with E-state index in [0.29, 0.717) is 5.56 Å². The molecule has 0 saturated carbocycles. The van der Waals surface area contributed by atoms with Gasteiger partial charge >= 0.3 is 5.97 Å². The highest BCUT2D eigenvalue weighted by Gasteiger charge is 2.22. The van der Waals surface area contributed by atoms with E-state index in [1.165, 1.54) is 22.9 Å². The second kappa shape index (κ2) is 5.82. The van der Waals surface area contributed by atoms with E-state index in [1.807, 2.05) is 30.5 Å². The van der Waals surface area contributed by atoms with Crippen molar-refractivity contribution in [2.45, 2.75) is 17.9 Å². The van der Waals surface area contributed by atoms with Crippen molar-refractivity contribution >= 4 is 23.4 Å². The van der Waals surface area contributed by atoms with Crippen LogP contribution < -0.4 is 4.90 Å². The Labute approximate surface area is 128 Å². The lowest BCUT2D eigenvalue weighted by molar-refractivity contribution is 0.0693. The largest absolute Gasteiger partial charge is 0.478 e. The Morgan fingerprint density at radius 2 is 1.90 bits per heavy atom. The van der Waals surface area contributed by atoms with Gasteiger partial charge in [0.2, 0.25) is 0 Å². The van der Waals surface area contributed by atoms with Crippen LogP contribution in [0.1, 0.15) is 21.5 Å². The van der Waals surface area contributed by atoms with Gasteiger partial charge in [-0.15, -0.1) is 11.8 Å². The summed E-state index contributed by atoms with van der Waals surface area (Å²) in [5.74, 6) is -0.853. The zero-order chi connectivity index (χ0) is 14.8. The Bertz CT molecular complexity index is 684. The van der Waals surface area contributed by atoms with Crippen molar-refractivity contribution in [2.24, 2.45) is 0 Å². The number of benzene rings is 2. The molecule has 1 heterocycles. The maximum atomic E-state index is 11.6. The van der Waals surface area contributed by atoms with Gasteiger partial charge in [0, 0.05) is 18.0 Å². The summed E-state index contributed by atoms with van der Waals surface area (Å²) in [5, 5.41) is 9.56. The minimum Gasteiger partial charge on any atom is -0.478 e. The van der Waals surface area contributed by atoms with Crippen molar-refractivity contribution in [1.29, 1.82) is 0 Å². The smallest absolute Gasteiger partial charge is 0.338 e. The van der Waals surface area contributed by atoms with E-state index in [4.69, 9.17) is 0 Å². The minimum atomic E-state index is -0.853. The molecule has 0 amide bonds. The second-order valence-corrected chi connectivity index (χ2v) is 5.95. The number of aromatic carboxylic acids is 1. The number of rotatable bonds is 3. The summed E-state index contributed by atoms with van der Waals surface area (Å²) in [4.78, 5) is 14.6. The predicted octanol–water partition coefficient (Wildman–Crippen LogP) is 3.67. The van der Waals surface area contributed by atoms with Crippen molar-refractivity contribution in [2.75, 3.05) is 17.7 Å². The van der Waals surface area contributed by atoms with Crippen LogP contribution in [-0.2, 0) is 13.0 Å². The normalized spacial score (nSPS) is 13.9. The van der Waals surface area contributed by atoms with Crippen molar-refractivity contribution in [3.63, 3.8) is 0 Å². The highest BCUT2D eigenvalue weighted by Crippen LogP contribution is 2.32. The van der Waals surface area contributed by atoms with Crippen LogP contribution >= 0.6 is 11.8 Å². The molecule has 0 aromatic heterocycles. The number of thioether (sulfide) groups is 1. The monoisotopic (exact) mass is 299 g/mol. The lowest BCUT2D eigenvalue weighted by Gasteiger charge is -2.32. The van der Waals surface area contributed by atoms with Gasteiger partial charge in [0.15, 0.2) is 0 Å². The van der Waals surface area contributed by atoms with Crippen LogP contribution in [0, 0.1) is 0 Å². The van der Waals surface area contributed by atoms with Gasteiger partial charge in [0.25, 0.3) is 0 Å². The molecule has 0 aliphatic carbocycles. The van der Waals surface area contributed by atoms with Crippen LogP contribution in [0.15, 0.2) is 47.4 Å². The van der Waals surface area contributed by atoms with Crippen molar-refractivity contribution in [3.8, 4) is 0 Å². The molecule has 0 atom stereocenters. The van der Waals surface area contributed by atoms with Crippen molar-refractivity contribution < 1.29 is 9.90 Å². The first-order valence-electron chi connectivity index (χ1n) is 6.92. The molecule has 0 unspecified atom stereocenters. The lowest BCUT2D eigenvalue weighted by atomic mass is 9.98. The molecule has 3 nitrogen and oxygen atoms in total. The molecular formula is C17H17NO2S. The first-order valence-corrected chi connectivity index (χ1v) is 8.15. The highest BCUT2D eigenvalue weighted by atomic mass is 32.2. The Hall–Kier alpha value is -1.94. The van der Waals surface area contributed by atoms with E-state index in [1.54, 1.807) is 0 Å². The summed E-state index contributed by atoms with van der Waals surface area (Å²) in [7, 11) is 0. The molecule has 4 heteroatoms. The number of anilines is 1. The first kappa shape index (κ1) is 14.0. The van der Waals surface area contributed by atoms with Crippen molar-refractivity contribution in [1.82, 2.24) is 0 Å². The molecule has 3 rings (SSSR count). The highest BCUT2D eigenvalue weighted by molar-refractivity contribution is 7.98. The van der Waals surface area contributed by atoms with Crippen LogP contribution in [0.4, 0.5) is 5.69 Å². The van der Waals surface area contributed by atoms with E-state index in [0.717, 1.165) is 30.1 Å². The van der Waals surface area contributed by atoms with Gasteiger partial charge in [-0.25, -0.2) is 4.79 Å². The zero-order valence-corrected chi connectivity index (χ0v) is 12.7. The molecule has 1 aliphatic heterocycles. The average molecular weight is 299 g/mol. The molecule has 2 aromatic rings. The van der Waals surface area contributed by atoms with Gasteiger partial charge in [0.05, 0.1) is 11.3 Å². The van der Waals surface area contributed by atoms with E-state index in [-0.39, 0.29) is 0 Å². The van der Waals surface area contributed by atoms with E-state index >= 15 is 0 Å². The second-order valence-electron chi connectivity index (χ2n) is 5.10. The molecule has 0 fully saturated rings. The number of carboxylic acid groups (broad SMARTS) is 1. The van der Waals surface area contributed by atoms with Gasteiger partial charge in [-0.2, -0.15) is 0 Å². The van der Waals surface area contributed by atoms with Gasteiger partial charge in [-0.3, -0.25) is 0 Å². The number of carbonyl (C=O) groups is 1. The van der Waals surface area contributed by atoms with E-state index in [2.05, 4.69) is 23.1 Å². The molecule has 1 N–H and O–H groups in total. The Kier molecular flexibility index (Phi) is 3.88. The fourth-order valence-electron chi connectivity index (χ4n) is 2.87. The van der Waals surface area contributed by atoms with Gasteiger partial charge < -0.3 is 10.0 Å². The fourth-order valence-corrected chi connectivity index (χ4v) is 3.48. The summed E-state index contributed by atoms with van der Waals surface area (Å²) in [6, 6.07) is 14.1. The van der Waals surface area contributed by atoms with Crippen LogP contribution in [0.25, 0.3) is 0 Å². The molecule has 0 bridgehead atoms. The van der Waals surface area contributed by atoms with Gasteiger partial charge in [0.1, 0.15) is 0 Å².